The molecule has 0 radical (unpaired) electrons. The maximum Gasteiger partial charge on any atom is 0.417 e. The molecule has 2 heterocycles. The summed E-state index contributed by atoms with van der Waals surface area (Å²) in [5.74, 6) is -0.0232. The van der Waals surface area contributed by atoms with Gasteiger partial charge in [0.15, 0.2) is 0 Å². The van der Waals surface area contributed by atoms with Crippen molar-refractivity contribution in [2.24, 2.45) is 11.3 Å². The maximum atomic E-state index is 13.2. The Morgan fingerprint density at radius 3 is 2.56 bits per heavy atom. The van der Waals surface area contributed by atoms with Crippen LogP contribution in [0, 0.1) is 22.7 Å². The first kappa shape index (κ1) is 19.5. The number of anilines is 1. The van der Waals surface area contributed by atoms with E-state index < -0.39 is 11.7 Å². The molecule has 1 spiro atoms. The van der Waals surface area contributed by atoms with Crippen molar-refractivity contribution in [3.63, 3.8) is 0 Å². The van der Waals surface area contributed by atoms with Crippen molar-refractivity contribution < 1.29 is 23.1 Å². The van der Waals surface area contributed by atoms with Gasteiger partial charge in [-0.05, 0) is 36.5 Å². The molecule has 0 aliphatic carbocycles. The van der Waals surface area contributed by atoms with Crippen molar-refractivity contribution in [3.05, 3.63) is 29.3 Å². The number of nitriles is 1. The largest absolute Gasteiger partial charge is 0.417 e. The number of hydrogen-bond acceptors (Lipinski definition) is 4. The first-order valence-corrected chi connectivity index (χ1v) is 8.93. The smallest absolute Gasteiger partial charge is 0.396 e. The number of piperidine rings is 1. The van der Waals surface area contributed by atoms with E-state index in [4.69, 9.17) is 5.26 Å². The molecule has 0 aromatic heterocycles. The Labute approximate surface area is 156 Å². The van der Waals surface area contributed by atoms with E-state index in [9.17, 15) is 23.1 Å². The minimum Gasteiger partial charge on any atom is -0.396 e. The summed E-state index contributed by atoms with van der Waals surface area (Å²) in [5, 5.41) is 18.7. The molecule has 0 bridgehead atoms. The van der Waals surface area contributed by atoms with E-state index >= 15 is 0 Å². The van der Waals surface area contributed by atoms with E-state index in [1.54, 1.807) is 17.0 Å². The molecule has 0 saturated carbocycles. The molecule has 1 aromatic carbocycles. The van der Waals surface area contributed by atoms with Gasteiger partial charge in [-0.3, -0.25) is 4.79 Å². The number of nitrogens with zero attached hydrogens (tertiary/aromatic N) is 3. The van der Waals surface area contributed by atoms with Crippen LogP contribution in [0.1, 0.15) is 30.9 Å². The lowest BCUT2D eigenvalue weighted by molar-refractivity contribution is -0.137. The number of hydrogen-bond donors (Lipinski definition) is 1. The van der Waals surface area contributed by atoms with Crippen molar-refractivity contribution in [3.8, 4) is 6.07 Å². The van der Waals surface area contributed by atoms with Gasteiger partial charge in [0.05, 0.1) is 17.2 Å². The normalized spacial score (nSPS) is 22.1. The molecule has 2 saturated heterocycles. The molecular weight excluding hydrogens is 359 g/mol. The van der Waals surface area contributed by atoms with Gasteiger partial charge in [0.2, 0.25) is 5.91 Å². The van der Waals surface area contributed by atoms with Crippen LogP contribution >= 0.6 is 0 Å². The third-order valence-corrected chi connectivity index (χ3v) is 6.03. The van der Waals surface area contributed by atoms with Crippen molar-refractivity contribution in [1.29, 1.82) is 5.26 Å². The van der Waals surface area contributed by atoms with Crippen LogP contribution < -0.4 is 4.90 Å². The summed E-state index contributed by atoms with van der Waals surface area (Å²) in [6.07, 6.45) is -3.18. The summed E-state index contributed by atoms with van der Waals surface area (Å²) in [6.45, 7) is 3.72. The Bertz CT molecular complexity index is 764. The molecule has 27 heavy (non-hydrogen) atoms. The van der Waals surface area contributed by atoms with Gasteiger partial charge in [-0.25, -0.2) is 0 Å². The second kappa shape index (κ2) is 7.04. The molecule has 8 heteroatoms. The highest BCUT2D eigenvalue weighted by Gasteiger charge is 2.48. The summed E-state index contributed by atoms with van der Waals surface area (Å²) in [5.41, 5.74) is -1.04. The molecule has 2 fully saturated rings. The zero-order valence-corrected chi connectivity index (χ0v) is 15.1. The van der Waals surface area contributed by atoms with Crippen molar-refractivity contribution in [2.45, 2.75) is 25.9 Å². The lowest BCUT2D eigenvalue weighted by Gasteiger charge is -2.43. The zero-order valence-electron chi connectivity index (χ0n) is 15.1. The van der Waals surface area contributed by atoms with E-state index in [-0.39, 0.29) is 29.4 Å². The number of likely N-dealkylation sites (tertiary alicyclic amines) is 1. The number of amides is 1. The molecule has 1 aromatic rings. The summed E-state index contributed by atoms with van der Waals surface area (Å²) in [7, 11) is 0. The highest BCUT2D eigenvalue weighted by molar-refractivity contribution is 5.73. The van der Waals surface area contributed by atoms with Crippen molar-refractivity contribution >= 4 is 11.6 Å². The molecular formula is C19H22F3N3O2. The molecule has 1 atom stereocenters. The average Bonchev–Trinajstić information content (AvgIpc) is 2.99. The van der Waals surface area contributed by atoms with Crippen LogP contribution in [0.3, 0.4) is 0 Å². The van der Waals surface area contributed by atoms with Gasteiger partial charge in [-0.2, -0.15) is 18.4 Å². The second-order valence-electron chi connectivity index (χ2n) is 7.47. The van der Waals surface area contributed by atoms with E-state index in [0.717, 1.165) is 6.07 Å². The van der Waals surface area contributed by atoms with Crippen molar-refractivity contribution in [1.82, 2.24) is 4.90 Å². The highest BCUT2D eigenvalue weighted by atomic mass is 19.4. The first-order valence-electron chi connectivity index (χ1n) is 8.93. The Balaban J connectivity index is 1.78. The third-order valence-electron chi connectivity index (χ3n) is 6.03. The molecule has 1 amide bonds. The molecule has 1 N–H and O–H groups in total. The molecule has 146 valence electrons. The van der Waals surface area contributed by atoms with E-state index in [1.165, 1.54) is 13.0 Å². The summed E-state index contributed by atoms with van der Waals surface area (Å²) < 4.78 is 39.6. The van der Waals surface area contributed by atoms with E-state index in [1.807, 2.05) is 4.90 Å². The molecule has 2 aliphatic heterocycles. The fraction of sp³-hybridized carbons (Fsp3) is 0.579. The molecule has 2 aliphatic rings. The Morgan fingerprint density at radius 2 is 2.04 bits per heavy atom. The van der Waals surface area contributed by atoms with Gasteiger partial charge < -0.3 is 14.9 Å². The number of carbonyl (C=O) groups excluding carboxylic acids is 1. The predicted octanol–water partition coefficient (Wildman–Crippen LogP) is 2.63. The van der Waals surface area contributed by atoms with Gasteiger partial charge in [-0.15, -0.1) is 0 Å². The maximum absolute atomic E-state index is 13.2. The van der Waals surface area contributed by atoms with Gasteiger partial charge in [0, 0.05) is 51.3 Å². The van der Waals surface area contributed by atoms with Gasteiger partial charge in [0.1, 0.15) is 0 Å². The number of carbonyl (C=O) groups is 1. The number of benzene rings is 1. The fourth-order valence-corrected chi connectivity index (χ4v) is 4.36. The Kier molecular flexibility index (Phi) is 5.08. The van der Waals surface area contributed by atoms with Gasteiger partial charge in [0.25, 0.3) is 0 Å². The lowest BCUT2D eigenvalue weighted by Crippen LogP contribution is -2.45. The average molecular weight is 381 g/mol. The fourth-order valence-electron chi connectivity index (χ4n) is 4.36. The standard InChI is InChI=1S/C19H22F3N3O2/c1-13(27)25-10-15(11-26)18(12-25)4-6-24(7-5-18)16-3-2-14(9-23)17(8-16)19(20,21)22/h2-3,8,15,26H,4-7,10-12H2,1H3. The predicted molar refractivity (Wildman–Crippen MR) is 92.9 cm³/mol. The quantitative estimate of drug-likeness (QED) is 0.855. The van der Waals surface area contributed by atoms with Crippen LogP contribution in [0.15, 0.2) is 18.2 Å². The monoisotopic (exact) mass is 381 g/mol. The lowest BCUT2D eigenvalue weighted by atomic mass is 9.71. The van der Waals surface area contributed by atoms with Crippen LogP contribution in [0.25, 0.3) is 0 Å². The topological polar surface area (TPSA) is 67.6 Å². The van der Waals surface area contributed by atoms with Crippen molar-refractivity contribution in [2.75, 3.05) is 37.7 Å². The van der Waals surface area contributed by atoms with Crippen LogP contribution in [0.5, 0.6) is 0 Å². The number of halogens is 3. The molecule has 3 rings (SSSR count). The number of aliphatic hydroxyl groups is 1. The first-order chi connectivity index (χ1) is 12.7. The minimum atomic E-state index is -4.58. The summed E-state index contributed by atoms with van der Waals surface area (Å²) >= 11 is 0. The highest BCUT2D eigenvalue weighted by Crippen LogP contribution is 2.45. The Hall–Kier alpha value is -2.27. The van der Waals surface area contributed by atoms with E-state index in [2.05, 4.69) is 0 Å². The number of aliphatic hydroxyl groups excluding tert-OH is 1. The van der Waals surface area contributed by atoms with E-state index in [0.29, 0.717) is 44.7 Å². The van der Waals surface area contributed by atoms with Crippen LogP contribution in [-0.4, -0.2) is 48.7 Å². The van der Waals surface area contributed by atoms with Gasteiger partial charge >= 0.3 is 6.18 Å². The Morgan fingerprint density at radius 1 is 1.37 bits per heavy atom. The zero-order chi connectivity index (χ0) is 19.8. The van der Waals surface area contributed by atoms with Crippen LogP contribution in [-0.2, 0) is 11.0 Å². The molecule has 1 unspecified atom stereocenters. The third kappa shape index (κ3) is 3.61. The number of rotatable bonds is 2. The summed E-state index contributed by atoms with van der Waals surface area (Å²) in [4.78, 5) is 15.3. The molecule has 5 nitrogen and oxygen atoms in total. The summed E-state index contributed by atoms with van der Waals surface area (Å²) in [6, 6.07) is 5.40. The van der Waals surface area contributed by atoms with Crippen LogP contribution in [0.2, 0.25) is 0 Å². The van der Waals surface area contributed by atoms with Gasteiger partial charge in [-0.1, -0.05) is 0 Å². The number of alkyl halides is 3. The SMILES string of the molecule is CC(=O)N1CC(CO)C2(CCN(c3ccc(C#N)c(C(F)(F)F)c3)CC2)C1. The minimum absolute atomic E-state index is 0.00112. The second-order valence-corrected chi connectivity index (χ2v) is 7.47. The van der Waals surface area contributed by atoms with Crippen LogP contribution in [0.4, 0.5) is 18.9 Å².